The molecule has 0 atom stereocenters. The number of pyridine rings is 1. The SMILES string of the molecule is Cn1nc(Nc2cccc(-c3ccc4c(c3)OCCO4)c2Cl)c2ncc(C=NCCO)cc21. The standard InChI is InChI=1S/C24H22ClN5O3/c1-30-19-11-15(13-26-7-8-31)14-27-23(19)24(29-30)28-18-4-2-3-17(22(18)25)16-5-6-20-21(12-16)33-10-9-32-20/h2-6,11-14,31H,7-10H2,1H3,(H,28,29). The number of fused-ring (bicyclic) bond motifs is 2. The number of nitrogens with zero attached hydrogens (tertiary/aromatic N) is 4. The number of rotatable bonds is 6. The summed E-state index contributed by atoms with van der Waals surface area (Å²) in [6, 6.07) is 13.6. The molecule has 2 aromatic carbocycles. The van der Waals surface area contributed by atoms with Crippen LogP contribution in [0.25, 0.3) is 22.2 Å². The second kappa shape index (κ2) is 9.09. The van der Waals surface area contributed by atoms with E-state index in [0.717, 1.165) is 39.2 Å². The number of aliphatic hydroxyl groups excluding tert-OH is 1. The van der Waals surface area contributed by atoms with Crippen LogP contribution in [0.2, 0.25) is 5.02 Å². The lowest BCUT2D eigenvalue weighted by molar-refractivity contribution is 0.171. The lowest BCUT2D eigenvalue weighted by atomic mass is 10.0. The Hall–Kier alpha value is -3.62. The predicted molar refractivity (Wildman–Crippen MR) is 129 cm³/mol. The molecule has 9 heteroatoms. The van der Waals surface area contributed by atoms with Gasteiger partial charge >= 0.3 is 0 Å². The van der Waals surface area contributed by atoms with Crippen molar-refractivity contribution in [2.75, 3.05) is 31.7 Å². The number of aromatic nitrogens is 3. The normalized spacial score (nSPS) is 13.1. The summed E-state index contributed by atoms with van der Waals surface area (Å²) in [5.41, 5.74) is 4.93. The van der Waals surface area contributed by atoms with Crippen LogP contribution >= 0.6 is 11.6 Å². The van der Waals surface area contributed by atoms with E-state index in [1.165, 1.54) is 0 Å². The van der Waals surface area contributed by atoms with Gasteiger partial charge in [0, 0.05) is 30.6 Å². The van der Waals surface area contributed by atoms with Gasteiger partial charge in [-0.15, -0.1) is 0 Å². The number of anilines is 2. The topological polar surface area (TPSA) is 93.8 Å². The number of benzene rings is 2. The Bertz CT molecular complexity index is 1350. The van der Waals surface area contributed by atoms with Gasteiger partial charge in [-0.2, -0.15) is 5.10 Å². The van der Waals surface area contributed by atoms with Crippen molar-refractivity contribution < 1.29 is 14.6 Å². The summed E-state index contributed by atoms with van der Waals surface area (Å²) in [5.74, 6) is 2.06. The Morgan fingerprint density at radius 1 is 1.18 bits per heavy atom. The fraction of sp³-hybridized carbons (Fsp3) is 0.208. The van der Waals surface area contributed by atoms with Crippen LogP contribution in [0.3, 0.4) is 0 Å². The first-order valence-corrected chi connectivity index (χ1v) is 10.9. The van der Waals surface area contributed by atoms with E-state index in [-0.39, 0.29) is 6.61 Å². The molecule has 0 aliphatic carbocycles. The number of halogens is 1. The number of aliphatic hydroxyl groups is 1. The van der Waals surface area contributed by atoms with E-state index in [2.05, 4.69) is 20.4 Å². The maximum absolute atomic E-state index is 8.90. The average Bonchev–Trinajstić information content (AvgIpc) is 3.15. The molecule has 1 aliphatic rings. The molecule has 8 nitrogen and oxygen atoms in total. The Morgan fingerprint density at radius 2 is 2.03 bits per heavy atom. The molecule has 0 saturated carbocycles. The van der Waals surface area contributed by atoms with Crippen LogP contribution in [0.4, 0.5) is 11.5 Å². The van der Waals surface area contributed by atoms with E-state index >= 15 is 0 Å². The third-order valence-corrected chi connectivity index (χ3v) is 5.69. The monoisotopic (exact) mass is 463 g/mol. The number of aryl methyl sites for hydroxylation is 1. The largest absolute Gasteiger partial charge is 0.486 e. The minimum absolute atomic E-state index is 0.0119. The summed E-state index contributed by atoms with van der Waals surface area (Å²) in [4.78, 5) is 8.72. The molecule has 2 aromatic heterocycles. The van der Waals surface area contributed by atoms with Crippen LogP contribution < -0.4 is 14.8 Å². The van der Waals surface area contributed by atoms with Gasteiger partial charge in [-0.05, 0) is 29.8 Å². The Kier molecular flexibility index (Phi) is 5.85. The molecule has 0 spiro atoms. The number of aliphatic imine (C=N–C) groups is 1. The Morgan fingerprint density at radius 3 is 2.88 bits per heavy atom. The molecule has 0 bridgehead atoms. The highest BCUT2D eigenvalue weighted by molar-refractivity contribution is 6.36. The van der Waals surface area contributed by atoms with Gasteiger partial charge in [0.25, 0.3) is 0 Å². The molecule has 1 aliphatic heterocycles. The molecule has 5 rings (SSSR count). The smallest absolute Gasteiger partial charge is 0.179 e. The molecule has 33 heavy (non-hydrogen) atoms. The number of ether oxygens (including phenoxy) is 2. The predicted octanol–water partition coefficient (Wildman–Crippen LogP) is 4.21. The molecule has 4 aromatic rings. The highest BCUT2D eigenvalue weighted by atomic mass is 35.5. The van der Waals surface area contributed by atoms with Gasteiger partial charge < -0.3 is 19.9 Å². The highest BCUT2D eigenvalue weighted by Crippen LogP contribution is 2.40. The number of hydrogen-bond acceptors (Lipinski definition) is 7. The average molecular weight is 464 g/mol. The van der Waals surface area contributed by atoms with Crippen molar-refractivity contribution in [3.63, 3.8) is 0 Å². The van der Waals surface area contributed by atoms with Crippen LogP contribution in [0.15, 0.2) is 53.7 Å². The third-order valence-electron chi connectivity index (χ3n) is 5.29. The van der Waals surface area contributed by atoms with Crippen molar-refractivity contribution in [1.29, 1.82) is 0 Å². The minimum atomic E-state index is 0.0119. The third kappa shape index (κ3) is 4.22. The summed E-state index contributed by atoms with van der Waals surface area (Å²) < 4.78 is 13.1. The van der Waals surface area contributed by atoms with E-state index in [4.69, 9.17) is 26.2 Å². The fourth-order valence-corrected chi connectivity index (χ4v) is 4.00. The summed E-state index contributed by atoms with van der Waals surface area (Å²) in [5, 5.41) is 17.4. The lowest BCUT2D eigenvalue weighted by Crippen LogP contribution is -2.15. The molecule has 0 radical (unpaired) electrons. The van der Waals surface area contributed by atoms with E-state index < -0.39 is 0 Å². The van der Waals surface area contributed by atoms with Gasteiger partial charge in [-0.1, -0.05) is 29.8 Å². The maximum atomic E-state index is 8.90. The van der Waals surface area contributed by atoms with Gasteiger partial charge in [0.05, 0.1) is 29.4 Å². The summed E-state index contributed by atoms with van der Waals surface area (Å²) >= 11 is 6.80. The maximum Gasteiger partial charge on any atom is 0.179 e. The molecule has 0 unspecified atom stereocenters. The Balaban J connectivity index is 1.47. The van der Waals surface area contributed by atoms with Gasteiger partial charge in [0.2, 0.25) is 0 Å². The van der Waals surface area contributed by atoms with E-state index in [9.17, 15) is 0 Å². The zero-order chi connectivity index (χ0) is 22.8. The summed E-state index contributed by atoms with van der Waals surface area (Å²) in [6.45, 7) is 1.45. The van der Waals surface area contributed by atoms with Crippen molar-refractivity contribution >= 4 is 40.4 Å². The zero-order valence-electron chi connectivity index (χ0n) is 18.0. The van der Waals surface area contributed by atoms with E-state index in [0.29, 0.717) is 36.3 Å². The van der Waals surface area contributed by atoms with Crippen LogP contribution in [-0.4, -0.2) is 52.5 Å². The minimum Gasteiger partial charge on any atom is -0.486 e. The molecule has 0 saturated heterocycles. The molecular formula is C24H22ClN5O3. The second-order valence-corrected chi connectivity index (χ2v) is 7.90. The van der Waals surface area contributed by atoms with Crippen LogP contribution in [0.1, 0.15) is 5.56 Å². The van der Waals surface area contributed by atoms with Crippen LogP contribution in [0.5, 0.6) is 11.5 Å². The molecule has 2 N–H and O–H groups in total. The van der Waals surface area contributed by atoms with Crippen molar-refractivity contribution in [3.05, 3.63) is 59.2 Å². The quantitative estimate of drug-likeness (QED) is 0.416. The summed E-state index contributed by atoms with van der Waals surface area (Å²) in [7, 11) is 1.86. The highest BCUT2D eigenvalue weighted by Gasteiger charge is 2.17. The van der Waals surface area contributed by atoms with Crippen LogP contribution in [0, 0.1) is 0 Å². The molecule has 168 valence electrons. The van der Waals surface area contributed by atoms with E-state index in [1.54, 1.807) is 17.1 Å². The molecule has 0 fully saturated rings. The van der Waals surface area contributed by atoms with Gasteiger partial charge in [0.15, 0.2) is 17.3 Å². The molecule has 3 heterocycles. The molecular weight excluding hydrogens is 442 g/mol. The number of hydrogen-bond donors (Lipinski definition) is 2. The lowest BCUT2D eigenvalue weighted by Gasteiger charge is -2.19. The van der Waals surface area contributed by atoms with Gasteiger partial charge in [-0.3, -0.25) is 9.67 Å². The van der Waals surface area contributed by atoms with Crippen molar-refractivity contribution in [3.8, 4) is 22.6 Å². The van der Waals surface area contributed by atoms with E-state index in [1.807, 2.05) is 49.5 Å². The van der Waals surface area contributed by atoms with Crippen molar-refractivity contribution in [2.24, 2.45) is 12.0 Å². The first-order chi connectivity index (χ1) is 16.1. The first kappa shape index (κ1) is 21.2. The van der Waals surface area contributed by atoms with Crippen molar-refractivity contribution in [1.82, 2.24) is 14.8 Å². The van der Waals surface area contributed by atoms with Gasteiger partial charge in [0.1, 0.15) is 18.7 Å². The van der Waals surface area contributed by atoms with Crippen molar-refractivity contribution in [2.45, 2.75) is 0 Å². The zero-order valence-corrected chi connectivity index (χ0v) is 18.7. The fourth-order valence-electron chi connectivity index (χ4n) is 3.72. The number of nitrogens with one attached hydrogen (secondary N) is 1. The van der Waals surface area contributed by atoms with Crippen LogP contribution in [-0.2, 0) is 7.05 Å². The second-order valence-electron chi connectivity index (χ2n) is 7.52. The first-order valence-electron chi connectivity index (χ1n) is 10.5. The molecule has 0 amide bonds. The Labute approximate surface area is 195 Å². The van der Waals surface area contributed by atoms with Gasteiger partial charge in [-0.25, -0.2) is 4.98 Å². The summed E-state index contributed by atoms with van der Waals surface area (Å²) in [6.07, 6.45) is 3.42.